The molecule has 2 nitrogen and oxygen atoms in total. The van der Waals surface area contributed by atoms with Gasteiger partial charge >= 0.3 is 0 Å². The lowest BCUT2D eigenvalue weighted by atomic mass is 10.1. The van der Waals surface area contributed by atoms with Crippen LogP contribution in [0.2, 0.25) is 0 Å². The van der Waals surface area contributed by atoms with E-state index in [1.165, 1.54) is 0 Å². The summed E-state index contributed by atoms with van der Waals surface area (Å²) in [6.45, 7) is 11.0. The molecule has 0 rings (SSSR count). The van der Waals surface area contributed by atoms with Crippen molar-refractivity contribution in [3.05, 3.63) is 11.4 Å². The van der Waals surface area contributed by atoms with Crippen LogP contribution in [0, 0.1) is 12.5 Å². The van der Waals surface area contributed by atoms with Gasteiger partial charge < -0.3 is 10.6 Å². The van der Waals surface area contributed by atoms with E-state index in [0.717, 1.165) is 0 Å². The smallest absolute Gasteiger partial charge is 0.229 e. The summed E-state index contributed by atoms with van der Waals surface area (Å²) in [6, 6.07) is 0.0625. The highest BCUT2D eigenvalue weighted by Crippen LogP contribution is 1.96. The fourth-order valence-electron chi connectivity index (χ4n) is 0.316. The average molecular weight is 112 g/mol. The minimum Gasteiger partial charge on any atom is -0.321 e. The van der Waals surface area contributed by atoms with Crippen LogP contribution in [0.5, 0.6) is 0 Å². The van der Waals surface area contributed by atoms with Gasteiger partial charge in [-0.05, 0) is 5.92 Å². The van der Waals surface area contributed by atoms with Crippen molar-refractivity contribution >= 4 is 0 Å². The Bertz CT molecular complexity index is 91.2. The second-order valence-electron chi connectivity index (χ2n) is 2.25. The maximum absolute atomic E-state index is 6.47. The van der Waals surface area contributed by atoms with E-state index < -0.39 is 0 Å². The van der Waals surface area contributed by atoms with Crippen molar-refractivity contribution in [3.63, 3.8) is 0 Å². The van der Waals surface area contributed by atoms with Crippen LogP contribution < -0.4 is 5.73 Å². The Hall–Kier alpha value is -0.550. The Balaban J connectivity index is 3.35. The molecule has 0 bridgehead atoms. The molecule has 0 aliphatic carbocycles. The van der Waals surface area contributed by atoms with E-state index in [0.29, 0.717) is 12.5 Å². The molecule has 2 N–H and O–H groups in total. The standard InChI is InChI=1S/C6H12N2/c1-5(2)6(7)4-8-3/h5-6H,4,7H2,1-2H3. The van der Waals surface area contributed by atoms with E-state index in [9.17, 15) is 0 Å². The highest BCUT2D eigenvalue weighted by Gasteiger charge is 2.08. The highest BCUT2D eigenvalue weighted by atomic mass is 14.8. The monoisotopic (exact) mass is 112 g/mol. The van der Waals surface area contributed by atoms with Crippen LogP contribution in [-0.2, 0) is 0 Å². The van der Waals surface area contributed by atoms with E-state index in [1.807, 2.05) is 13.8 Å². The molecular weight excluding hydrogens is 100 g/mol. The molecule has 2 heteroatoms. The maximum Gasteiger partial charge on any atom is 0.229 e. The van der Waals surface area contributed by atoms with Gasteiger partial charge in [0.15, 0.2) is 0 Å². The lowest BCUT2D eigenvalue weighted by molar-refractivity contribution is 0.520. The third-order valence-electron chi connectivity index (χ3n) is 1.16. The first kappa shape index (κ1) is 7.45. The van der Waals surface area contributed by atoms with Crippen molar-refractivity contribution in [1.82, 2.24) is 0 Å². The second-order valence-corrected chi connectivity index (χ2v) is 2.25. The van der Waals surface area contributed by atoms with Crippen molar-refractivity contribution < 1.29 is 0 Å². The van der Waals surface area contributed by atoms with Gasteiger partial charge in [0.1, 0.15) is 0 Å². The molecule has 46 valence electrons. The average Bonchev–Trinajstić information content (AvgIpc) is 1.67. The molecule has 0 amide bonds. The van der Waals surface area contributed by atoms with Gasteiger partial charge in [0.25, 0.3) is 0 Å². The van der Waals surface area contributed by atoms with Gasteiger partial charge in [-0.3, -0.25) is 0 Å². The first-order valence-electron chi connectivity index (χ1n) is 2.77. The summed E-state index contributed by atoms with van der Waals surface area (Å²) in [5, 5.41) is 0. The topological polar surface area (TPSA) is 30.4 Å². The molecule has 0 radical (unpaired) electrons. The first-order valence-corrected chi connectivity index (χ1v) is 2.77. The highest BCUT2D eigenvalue weighted by molar-refractivity contribution is 4.74. The zero-order valence-corrected chi connectivity index (χ0v) is 5.39. The van der Waals surface area contributed by atoms with Gasteiger partial charge in [-0.25, -0.2) is 6.57 Å². The van der Waals surface area contributed by atoms with Crippen molar-refractivity contribution in [1.29, 1.82) is 0 Å². The molecule has 1 atom stereocenters. The van der Waals surface area contributed by atoms with E-state index in [1.54, 1.807) is 0 Å². The van der Waals surface area contributed by atoms with E-state index in [-0.39, 0.29) is 6.04 Å². The Morgan fingerprint density at radius 2 is 2.12 bits per heavy atom. The third-order valence-corrected chi connectivity index (χ3v) is 1.16. The first-order chi connectivity index (χ1) is 3.68. The largest absolute Gasteiger partial charge is 0.321 e. The van der Waals surface area contributed by atoms with Gasteiger partial charge in [0.2, 0.25) is 6.54 Å². The van der Waals surface area contributed by atoms with Crippen molar-refractivity contribution in [2.24, 2.45) is 11.7 Å². The summed E-state index contributed by atoms with van der Waals surface area (Å²) in [5.41, 5.74) is 5.51. The van der Waals surface area contributed by atoms with Crippen molar-refractivity contribution in [2.75, 3.05) is 6.54 Å². The third kappa shape index (κ3) is 2.59. The Kier molecular flexibility index (Phi) is 3.21. The minimum atomic E-state index is 0.0625. The molecule has 0 fully saturated rings. The summed E-state index contributed by atoms with van der Waals surface area (Å²) >= 11 is 0. The van der Waals surface area contributed by atoms with E-state index >= 15 is 0 Å². The summed E-state index contributed by atoms with van der Waals surface area (Å²) in [7, 11) is 0. The number of rotatable bonds is 2. The van der Waals surface area contributed by atoms with Crippen LogP contribution >= 0.6 is 0 Å². The molecule has 0 saturated carbocycles. The van der Waals surface area contributed by atoms with Crippen LogP contribution in [0.1, 0.15) is 13.8 Å². The van der Waals surface area contributed by atoms with Gasteiger partial charge in [-0.1, -0.05) is 13.8 Å². The van der Waals surface area contributed by atoms with Gasteiger partial charge in [0.05, 0.1) is 6.04 Å². The molecule has 8 heavy (non-hydrogen) atoms. The Morgan fingerprint density at radius 1 is 1.62 bits per heavy atom. The van der Waals surface area contributed by atoms with Gasteiger partial charge in [-0.15, -0.1) is 0 Å². The molecule has 0 aromatic carbocycles. The fraction of sp³-hybridized carbons (Fsp3) is 0.833. The molecule has 0 aromatic heterocycles. The molecule has 0 heterocycles. The molecule has 0 aromatic rings. The minimum absolute atomic E-state index is 0.0625. The molecule has 0 spiro atoms. The van der Waals surface area contributed by atoms with Crippen molar-refractivity contribution in [3.8, 4) is 0 Å². The summed E-state index contributed by atoms with van der Waals surface area (Å²) < 4.78 is 0. The van der Waals surface area contributed by atoms with Crippen molar-refractivity contribution in [2.45, 2.75) is 19.9 Å². The fourth-order valence-corrected chi connectivity index (χ4v) is 0.316. The number of hydrogen-bond donors (Lipinski definition) is 1. The zero-order chi connectivity index (χ0) is 6.57. The molecule has 0 aliphatic rings. The zero-order valence-electron chi connectivity index (χ0n) is 5.39. The lowest BCUT2D eigenvalue weighted by Gasteiger charge is -2.06. The predicted molar refractivity (Wildman–Crippen MR) is 34.3 cm³/mol. The normalized spacial score (nSPS) is 13.4. The summed E-state index contributed by atoms with van der Waals surface area (Å²) in [4.78, 5) is 3.18. The molecule has 0 saturated heterocycles. The van der Waals surface area contributed by atoms with Crippen LogP contribution in [0.4, 0.5) is 0 Å². The second kappa shape index (κ2) is 3.45. The SMILES string of the molecule is [C-]#[N+]CC(N)C(C)C. The predicted octanol–water partition coefficient (Wildman–Crippen LogP) is 0.889. The van der Waals surface area contributed by atoms with Crippen LogP contribution in [0.3, 0.4) is 0 Å². The Labute approximate surface area is 50.5 Å². The Morgan fingerprint density at radius 3 is 2.25 bits per heavy atom. The van der Waals surface area contributed by atoms with Gasteiger partial charge in [0, 0.05) is 0 Å². The maximum atomic E-state index is 6.47. The summed E-state index contributed by atoms with van der Waals surface area (Å²) in [5.74, 6) is 0.434. The summed E-state index contributed by atoms with van der Waals surface area (Å²) in [6.07, 6.45) is 0. The van der Waals surface area contributed by atoms with Crippen LogP contribution in [0.25, 0.3) is 4.85 Å². The molecule has 0 aliphatic heterocycles. The molecular formula is C6H12N2. The van der Waals surface area contributed by atoms with E-state index in [4.69, 9.17) is 12.3 Å². The number of nitrogens with two attached hydrogens (primary N) is 1. The van der Waals surface area contributed by atoms with Crippen LogP contribution in [-0.4, -0.2) is 12.6 Å². The number of nitrogens with zero attached hydrogens (tertiary/aromatic N) is 1. The molecule has 1 unspecified atom stereocenters. The lowest BCUT2D eigenvalue weighted by Crippen LogP contribution is -2.28. The quantitative estimate of drug-likeness (QED) is 0.528. The van der Waals surface area contributed by atoms with Crippen LogP contribution in [0.15, 0.2) is 0 Å². The van der Waals surface area contributed by atoms with Gasteiger partial charge in [-0.2, -0.15) is 0 Å². The number of hydrogen-bond acceptors (Lipinski definition) is 1. The van der Waals surface area contributed by atoms with E-state index in [2.05, 4.69) is 4.85 Å².